The molecule has 0 saturated carbocycles. The number of hydrogen-bond donors (Lipinski definition) is 1. The molecule has 94 valence electrons. The van der Waals surface area contributed by atoms with E-state index in [0.29, 0.717) is 18.9 Å². The molecule has 0 aromatic carbocycles. The fourth-order valence-electron chi connectivity index (χ4n) is 1.29. The van der Waals surface area contributed by atoms with Crippen LogP contribution in [0.4, 0.5) is 5.82 Å². The molecule has 2 aromatic heterocycles. The lowest BCUT2D eigenvalue weighted by Gasteiger charge is -2.05. The molecule has 0 aliphatic rings. The Morgan fingerprint density at radius 2 is 2.44 bits per heavy atom. The molecule has 0 fully saturated rings. The van der Waals surface area contributed by atoms with Gasteiger partial charge >= 0.3 is 5.97 Å². The van der Waals surface area contributed by atoms with E-state index >= 15 is 0 Å². The van der Waals surface area contributed by atoms with Crippen LogP contribution in [0.3, 0.4) is 0 Å². The predicted octanol–water partition coefficient (Wildman–Crippen LogP) is -0.0332. The standard InChI is InChI=1S/C10H12N6O2/c1-18-10(17)9-13-3-2-8(15-9)12-4-5-16-7-11-6-14-16/h2-3,6-7H,4-5H2,1H3,(H,12,13,15). The highest BCUT2D eigenvalue weighted by atomic mass is 16.5. The molecule has 0 atom stereocenters. The molecule has 2 aromatic rings. The second kappa shape index (κ2) is 5.71. The van der Waals surface area contributed by atoms with Crippen molar-refractivity contribution < 1.29 is 9.53 Å². The van der Waals surface area contributed by atoms with Crippen LogP contribution in [0, 0.1) is 0 Å². The highest BCUT2D eigenvalue weighted by molar-refractivity contribution is 5.85. The number of anilines is 1. The number of methoxy groups -OCH3 is 1. The Balaban J connectivity index is 1.91. The predicted molar refractivity (Wildman–Crippen MR) is 61.9 cm³/mol. The fourth-order valence-corrected chi connectivity index (χ4v) is 1.29. The van der Waals surface area contributed by atoms with E-state index in [-0.39, 0.29) is 5.82 Å². The first-order chi connectivity index (χ1) is 8.79. The SMILES string of the molecule is COC(=O)c1nccc(NCCn2cncn2)n1. The summed E-state index contributed by atoms with van der Waals surface area (Å²) in [5.41, 5.74) is 0. The van der Waals surface area contributed by atoms with Crippen LogP contribution in [-0.2, 0) is 11.3 Å². The van der Waals surface area contributed by atoms with Gasteiger partial charge in [0, 0.05) is 12.7 Å². The third-order valence-corrected chi connectivity index (χ3v) is 2.14. The number of carbonyl (C=O) groups excluding carboxylic acids is 1. The molecule has 0 aliphatic carbocycles. The van der Waals surface area contributed by atoms with Gasteiger partial charge in [0.1, 0.15) is 18.5 Å². The number of nitrogens with zero attached hydrogens (tertiary/aromatic N) is 5. The highest BCUT2D eigenvalue weighted by Crippen LogP contribution is 2.02. The summed E-state index contributed by atoms with van der Waals surface area (Å²) >= 11 is 0. The molecule has 0 amide bonds. The van der Waals surface area contributed by atoms with Crippen molar-refractivity contribution in [1.29, 1.82) is 0 Å². The van der Waals surface area contributed by atoms with E-state index in [1.54, 1.807) is 17.1 Å². The molecule has 0 unspecified atom stereocenters. The van der Waals surface area contributed by atoms with Crippen molar-refractivity contribution in [1.82, 2.24) is 24.7 Å². The van der Waals surface area contributed by atoms with Gasteiger partial charge in [-0.25, -0.2) is 19.7 Å². The van der Waals surface area contributed by atoms with E-state index in [2.05, 4.69) is 30.1 Å². The summed E-state index contributed by atoms with van der Waals surface area (Å²) in [6.07, 6.45) is 4.60. The first-order valence-corrected chi connectivity index (χ1v) is 5.27. The zero-order valence-electron chi connectivity index (χ0n) is 9.78. The Kier molecular flexibility index (Phi) is 3.79. The first-order valence-electron chi connectivity index (χ1n) is 5.27. The Labute approximate surface area is 103 Å². The van der Waals surface area contributed by atoms with Crippen LogP contribution < -0.4 is 5.32 Å². The first kappa shape index (κ1) is 12.0. The molecular weight excluding hydrogens is 236 g/mol. The van der Waals surface area contributed by atoms with Crippen molar-refractivity contribution in [3.63, 3.8) is 0 Å². The summed E-state index contributed by atoms with van der Waals surface area (Å²) in [7, 11) is 1.29. The molecule has 8 heteroatoms. The quantitative estimate of drug-likeness (QED) is 0.742. The highest BCUT2D eigenvalue weighted by Gasteiger charge is 2.08. The molecule has 8 nitrogen and oxygen atoms in total. The average molecular weight is 248 g/mol. The molecule has 0 aliphatic heterocycles. The van der Waals surface area contributed by atoms with Crippen molar-refractivity contribution in [3.8, 4) is 0 Å². The molecule has 2 heterocycles. The van der Waals surface area contributed by atoms with Gasteiger partial charge in [-0.15, -0.1) is 0 Å². The number of rotatable bonds is 5. The van der Waals surface area contributed by atoms with Crippen molar-refractivity contribution in [2.75, 3.05) is 19.0 Å². The second-order valence-corrected chi connectivity index (χ2v) is 3.34. The lowest BCUT2D eigenvalue weighted by atomic mass is 10.5. The van der Waals surface area contributed by atoms with Crippen LogP contribution in [0.1, 0.15) is 10.6 Å². The van der Waals surface area contributed by atoms with E-state index in [0.717, 1.165) is 0 Å². The number of aromatic nitrogens is 5. The van der Waals surface area contributed by atoms with Gasteiger partial charge in [0.25, 0.3) is 0 Å². The van der Waals surface area contributed by atoms with Gasteiger partial charge in [0.15, 0.2) is 0 Å². The molecule has 0 spiro atoms. The minimum atomic E-state index is -0.560. The minimum absolute atomic E-state index is 0.0308. The van der Waals surface area contributed by atoms with E-state index in [1.807, 2.05) is 0 Å². The minimum Gasteiger partial charge on any atom is -0.463 e. The van der Waals surface area contributed by atoms with Crippen LogP contribution in [0.5, 0.6) is 0 Å². The van der Waals surface area contributed by atoms with Gasteiger partial charge in [-0.05, 0) is 6.07 Å². The van der Waals surface area contributed by atoms with Crippen molar-refractivity contribution in [2.45, 2.75) is 6.54 Å². The van der Waals surface area contributed by atoms with Gasteiger partial charge < -0.3 is 10.1 Å². The largest absolute Gasteiger partial charge is 0.463 e. The second-order valence-electron chi connectivity index (χ2n) is 3.34. The number of esters is 1. The average Bonchev–Trinajstić information content (AvgIpc) is 2.91. The molecule has 0 saturated heterocycles. The van der Waals surface area contributed by atoms with Gasteiger partial charge in [-0.1, -0.05) is 0 Å². The summed E-state index contributed by atoms with van der Waals surface area (Å²) in [5.74, 6) is 0.0312. The van der Waals surface area contributed by atoms with E-state index in [1.165, 1.54) is 19.6 Å². The summed E-state index contributed by atoms with van der Waals surface area (Å²) < 4.78 is 6.23. The molecular formula is C10H12N6O2. The summed E-state index contributed by atoms with van der Waals surface area (Å²) in [5, 5.41) is 7.02. The van der Waals surface area contributed by atoms with Gasteiger partial charge in [-0.3, -0.25) is 4.68 Å². The Hall–Kier alpha value is -2.51. The van der Waals surface area contributed by atoms with Crippen LogP contribution in [-0.4, -0.2) is 44.4 Å². The Bertz CT molecular complexity index is 513. The zero-order chi connectivity index (χ0) is 12.8. The number of carbonyl (C=O) groups is 1. The summed E-state index contributed by atoms with van der Waals surface area (Å²) in [6, 6.07) is 1.67. The van der Waals surface area contributed by atoms with Crippen molar-refractivity contribution in [3.05, 3.63) is 30.7 Å². The number of hydrogen-bond acceptors (Lipinski definition) is 7. The van der Waals surface area contributed by atoms with Gasteiger partial charge in [0.05, 0.1) is 13.7 Å². The molecule has 1 N–H and O–H groups in total. The van der Waals surface area contributed by atoms with Crippen LogP contribution in [0.25, 0.3) is 0 Å². The van der Waals surface area contributed by atoms with Crippen LogP contribution in [0.2, 0.25) is 0 Å². The summed E-state index contributed by atoms with van der Waals surface area (Å²) in [6.45, 7) is 1.26. The van der Waals surface area contributed by atoms with Gasteiger partial charge in [0.2, 0.25) is 5.82 Å². The zero-order valence-corrected chi connectivity index (χ0v) is 9.78. The lowest BCUT2D eigenvalue weighted by Crippen LogP contribution is -2.14. The van der Waals surface area contributed by atoms with Gasteiger partial charge in [-0.2, -0.15) is 5.10 Å². The topological polar surface area (TPSA) is 94.8 Å². The normalized spacial score (nSPS) is 10.1. The molecule has 18 heavy (non-hydrogen) atoms. The smallest absolute Gasteiger partial charge is 0.376 e. The fraction of sp³-hybridized carbons (Fsp3) is 0.300. The monoisotopic (exact) mass is 248 g/mol. The number of nitrogens with one attached hydrogen (secondary N) is 1. The molecule has 2 rings (SSSR count). The van der Waals surface area contributed by atoms with Crippen LogP contribution >= 0.6 is 0 Å². The molecule has 0 radical (unpaired) electrons. The Morgan fingerprint density at radius 3 is 3.17 bits per heavy atom. The maximum absolute atomic E-state index is 11.2. The summed E-state index contributed by atoms with van der Waals surface area (Å²) in [4.78, 5) is 22.9. The van der Waals surface area contributed by atoms with E-state index in [4.69, 9.17) is 0 Å². The van der Waals surface area contributed by atoms with E-state index < -0.39 is 5.97 Å². The maximum atomic E-state index is 11.2. The third-order valence-electron chi connectivity index (χ3n) is 2.14. The Morgan fingerprint density at radius 1 is 1.56 bits per heavy atom. The number of ether oxygens (including phenoxy) is 1. The van der Waals surface area contributed by atoms with E-state index in [9.17, 15) is 4.79 Å². The van der Waals surface area contributed by atoms with Crippen molar-refractivity contribution in [2.24, 2.45) is 0 Å². The maximum Gasteiger partial charge on any atom is 0.376 e. The van der Waals surface area contributed by atoms with Crippen LogP contribution in [0.15, 0.2) is 24.9 Å². The third kappa shape index (κ3) is 3.00. The molecule has 0 bridgehead atoms. The lowest BCUT2D eigenvalue weighted by molar-refractivity contribution is 0.0587. The van der Waals surface area contributed by atoms with Crippen molar-refractivity contribution >= 4 is 11.8 Å².